The maximum atomic E-state index is 12.8. The van der Waals surface area contributed by atoms with Crippen molar-refractivity contribution >= 4 is 5.97 Å². The van der Waals surface area contributed by atoms with E-state index in [4.69, 9.17) is 4.74 Å². The highest BCUT2D eigenvalue weighted by Crippen LogP contribution is 2.77. The fourth-order valence-corrected chi connectivity index (χ4v) is 11.3. The van der Waals surface area contributed by atoms with Gasteiger partial charge >= 0.3 is 5.97 Å². The Morgan fingerprint density at radius 3 is 2.47 bits per heavy atom. The van der Waals surface area contributed by atoms with E-state index in [2.05, 4.69) is 47.6 Å². The molecule has 34 heavy (non-hydrogen) atoms. The van der Waals surface area contributed by atoms with Crippen molar-refractivity contribution in [3.05, 3.63) is 11.6 Å². The molecule has 5 fully saturated rings. The van der Waals surface area contributed by atoms with Crippen molar-refractivity contribution in [2.75, 3.05) is 6.61 Å². The zero-order valence-electron chi connectivity index (χ0n) is 22.2. The van der Waals surface area contributed by atoms with Gasteiger partial charge in [-0.1, -0.05) is 53.2 Å². The van der Waals surface area contributed by atoms with Crippen molar-refractivity contribution in [1.82, 2.24) is 0 Å². The molecule has 0 spiro atoms. The van der Waals surface area contributed by atoms with E-state index in [1.54, 1.807) is 0 Å². The van der Waals surface area contributed by atoms with E-state index >= 15 is 0 Å². The molecule has 0 aromatic rings. The van der Waals surface area contributed by atoms with E-state index < -0.39 is 11.4 Å². The highest BCUT2D eigenvalue weighted by Gasteiger charge is 2.73. The third-order valence-electron chi connectivity index (χ3n) is 13.7. The van der Waals surface area contributed by atoms with Crippen LogP contribution in [-0.4, -0.2) is 35.0 Å². The van der Waals surface area contributed by atoms with Crippen LogP contribution in [0.15, 0.2) is 11.6 Å². The first-order valence-electron chi connectivity index (χ1n) is 14.1. The molecule has 4 nitrogen and oxygen atoms in total. The molecular formula is C30H46O4. The predicted molar refractivity (Wildman–Crippen MR) is 132 cm³/mol. The Labute approximate surface area is 205 Å². The van der Waals surface area contributed by atoms with Gasteiger partial charge in [-0.2, -0.15) is 0 Å². The Morgan fingerprint density at radius 1 is 1.06 bits per heavy atom. The minimum Gasteiger partial charge on any atom is -0.481 e. The van der Waals surface area contributed by atoms with Crippen molar-refractivity contribution in [2.24, 2.45) is 56.7 Å². The molecule has 12 atom stereocenters. The molecule has 6 aliphatic rings. The molecule has 1 saturated heterocycles. The molecule has 1 aliphatic heterocycles. The standard InChI is InChI=1S/C30H46O4/c1-17-9-12-30(25(32)33)14-13-28(5)19(23(30)18(17)2)7-8-22-26(3)15-20-24(34-20)27(4,16-31)21(26)10-11-29(22,28)6/h7,17-18,20-24,31H,8-16H2,1-6H3,(H,32,33)/t17-,18+,20?,21?,22-,23+,24?,26+,27?,28-,29-,30+/m1/s1. The van der Waals surface area contributed by atoms with E-state index in [9.17, 15) is 15.0 Å². The molecular weight excluding hydrogens is 424 g/mol. The van der Waals surface area contributed by atoms with Crippen LogP contribution in [0.3, 0.4) is 0 Å². The maximum Gasteiger partial charge on any atom is 0.310 e. The molecule has 4 saturated carbocycles. The Kier molecular flexibility index (Phi) is 4.78. The summed E-state index contributed by atoms with van der Waals surface area (Å²) >= 11 is 0. The van der Waals surface area contributed by atoms with E-state index in [0.717, 1.165) is 44.9 Å². The number of carboxylic acid groups (broad SMARTS) is 1. The minimum atomic E-state index is -0.572. The highest BCUT2D eigenvalue weighted by atomic mass is 16.6. The topological polar surface area (TPSA) is 70.1 Å². The lowest BCUT2D eigenvalue weighted by molar-refractivity contribution is -0.191. The van der Waals surface area contributed by atoms with Gasteiger partial charge in [0.25, 0.3) is 0 Å². The monoisotopic (exact) mass is 470 g/mol. The predicted octanol–water partition coefficient (Wildman–Crippen LogP) is 6.08. The zero-order valence-corrected chi connectivity index (χ0v) is 22.2. The number of aliphatic carboxylic acids is 1. The van der Waals surface area contributed by atoms with Gasteiger partial charge in [0.1, 0.15) is 0 Å². The number of aliphatic hydroxyl groups excluding tert-OH is 1. The Balaban J connectivity index is 1.46. The third-order valence-corrected chi connectivity index (χ3v) is 13.7. The van der Waals surface area contributed by atoms with Gasteiger partial charge in [0.2, 0.25) is 0 Å². The zero-order chi connectivity index (χ0) is 24.5. The molecule has 6 rings (SSSR count). The van der Waals surface area contributed by atoms with Gasteiger partial charge in [0, 0.05) is 5.41 Å². The van der Waals surface area contributed by atoms with Crippen LogP contribution >= 0.6 is 0 Å². The first-order valence-corrected chi connectivity index (χ1v) is 14.1. The number of carboxylic acids is 1. The Hall–Kier alpha value is -0.870. The summed E-state index contributed by atoms with van der Waals surface area (Å²) in [6.07, 6.45) is 11.3. The molecule has 0 amide bonds. The molecule has 4 heteroatoms. The molecule has 0 aromatic heterocycles. The van der Waals surface area contributed by atoms with Crippen LogP contribution in [-0.2, 0) is 9.53 Å². The number of allylic oxidation sites excluding steroid dienone is 2. The Morgan fingerprint density at radius 2 is 1.79 bits per heavy atom. The summed E-state index contributed by atoms with van der Waals surface area (Å²) in [5, 5.41) is 21.1. The summed E-state index contributed by atoms with van der Waals surface area (Å²) in [5.41, 5.74) is 1.16. The summed E-state index contributed by atoms with van der Waals surface area (Å²) in [5.74, 6) is 1.65. The van der Waals surface area contributed by atoms with Crippen molar-refractivity contribution in [3.8, 4) is 0 Å². The van der Waals surface area contributed by atoms with Gasteiger partial charge in [-0.3, -0.25) is 4.79 Å². The van der Waals surface area contributed by atoms with Crippen LogP contribution < -0.4 is 0 Å². The van der Waals surface area contributed by atoms with Crippen LogP contribution in [0.5, 0.6) is 0 Å². The van der Waals surface area contributed by atoms with Crippen molar-refractivity contribution in [2.45, 2.75) is 105 Å². The van der Waals surface area contributed by atoms with Gasteiger partial charge in [0.15, 0.2) is 0 Å². The van der Waals surface area contributed by atoms with Crippen LogP contribution in [0.2, 0.25) is 0 Å². The number of epoxide rings is 1. The number of ether oxygens (including phenoxy) is 1. The van der Waals surface area contributed by atoms with Gasteiger partial charge in [-0.15, -0.1) is 0 Å². The average Bonchev–Trinajstić information content (AvgIpc) is 3.56. The summed E-state index contributed by atoms with van der Waals surface area (Å²) in [4.78, 5) is 12.8. The summed E-state index contributed by atoms with van der Waals surface area (Å²) < 4.78 is 6.18. The SMILES string of the molecule is C[C@H]1[C@H](C)CC[C@]2(C(=O)O)CC[C@]3(C)C(=CC[C@@H]4[C@@]5(C)CC6OC6C(C)(CO)C5CC[C@]43C)[C@H]12. The minimum absolute atomic E-state index is 0.0513. The quantitative estimate of drug-likeness (QED) is 0.379. The number of carbonyl (C=O) groups is 1. The molecule has 0 bridgehead atoms. The number of hydrogen-bond acceptors (Lipinski definition) is 3. The summed E-state index contributed by atoms with van der Waals surface area (Å²) in [6, 6.07) is 0. The Bertz CT molecular complexity index is 942. The van der Waals surface area contributed by atoms with Crippen LogP contribution in [0.1, 0.15) is 92.9 Å². The van der Waals surface area contributed by atoms with E-state index in [1.807, 2.05) is 0 Å². The largest absolute Gasteiger partial charge is 0.481 e. The number of hydrogen-bond donors (Lipinski definition) is 2. The fraction of sp³-hybridized carbons (Fsp3) is 0.900. The van der Waals surface area contributed by atoms with Crippen LogP contribution in [0.4, 0.5) is 0 Å². The summed E-state index contributed by atoms with van der Waals surface area (Å²) in [6.45, 7) is 14.8. The molecule has 5 aliphatic carbocycles. The molecule has 1 heterocycles. The van der Waals surface area contributed by atoms with Gasteiger partial charge < -0.3 is 14.9 Å². The second-order valence-corrected chi connectivity index (χ2v) is 14.6. The average molecular weight is 471 g/mol. The van der Waals surface area contributed by atoms with E-state index in [-0.39, 0.29) is 40.3 Å². The lowest BCUT2D eigenvalue weighted by Crippen LogP contribution is -2.65. The van der Waals surface area contributed by atoms with E-state index in [0.29, 0.717) is 29.8 Å². The summed E-state index contributed by atoms with van der Waals surface area (Å²) in [7, 11) is 0. The maximum absolute atomic E-state index is 12.8. The number of fused-ring (bicyclic) bond motifs is 8. The highest BCUT2D eigenvalue weighted by molar-refractivity contribution is 5.76. The molecule has 190 valence electrons. The molecule has 2 N–H and O–H groups in total. The normalized spacial score (nSPS) is 60.0. The van der Waals surface area contributed by atoms with Crippen molar-refractivity contribution in [1.29, 1.82) is 0 Å². The van der Waals surface area contributed by atoms with Gasteiger partial charge in [-0.05, 0) is 97.2 Å². The first-order chi connectivity index (χ1) is 15.9. The van der Waals surface area contributed by atoms with Crippen molar-refractivity contribution < 1.29 is 19.7 Å². The van der Waals surface area contributed by atoms with Crippen LogP contribution in [0, 0.1) is 56.7 Å². The number of aliphatic hydroxyl groups is 1. The van der Waals surface area contributed by atoms with Gasteiger partial charge in [0.05, 0.1) is 24.2 Å². The smallest absolute Gasteiger partial charge is 0.310 e. The van der Waals surface area contributed by atoms with Crippen LogP contribution in [0.25, 0.3) is 0 Å². The second kappa shape index (κ2) is 6.91. The van der Waals surface area contributed by atoms with E-state index in [1.165, 1.54) is 12.0 Å². The second-order valence-electron chi connectivity index (χ2n) is 14.6. The lowest BCUT2D eigenvalue weighted by atomic mass is 9.33. The molecule has 0 radical (unpaired) electrons. The van der Waals surface area contributed by atoms with Crippen molar-refractivity contribution in [3.63, 3.8) is 0 Å². The lowest BCUT2D eigenvalue weighted by Gasteiger charge is -2.70. The molecule has 0 aromatic carbocycles. The number of rotatable bonds is 2. The third kappa shape index (κ3) is 2.51. The van der Waals surface area contributed by atoms with Gasteiger partial charge in [-0.25, -0.2) is 0 Å². The fourth-order valence-electron chi connectivity index (χ4n) is 11.3. The first kappa shape index (κ1) is 23.5. The molecule has 4 unspecified atom stereocenters.